The second-order valence-corrected chi connectivity index (χ2v) is 6.59. The van der Waals surface area contributed by atoms with Crippen LogP contribution in [0.25, 0.3) is 11.3 Å². The van der Waals surface area contributed by atoms with Crippen LogP contribution in [0.3, 0.4) is 0 Å². The maximum absolute atomic E-state index is 12.8. The van der Waals surface area contributed by atoms with Gasteiger partial charge in [0.15, 0.2) is 0 Å². The number of hydrogen-bond acceptors (Lipinski definition) is 3. The van der Waals surface area contributed by atoms with Crippen molar-refractivity contribution in [3.63, 3.8) is 0 Å². The van der Waals surface area contributed by atoms with Crippen molar-refractivity contribution in [1.82, 2.24) is 0 Å². The fraction of sp³-hybridized carbons (Fsp3) is 0.368. The van der Waals surface area contributed by atoms with Gasteiger partial charge < -0.3 is 4.74 Å². The number of Topliss-reactive ketones (excluding diaryl/α,β-unsaturated/α-hetero) is 2. The van der Waals surface area contributed by atoms with Gasteiger partial charge in [0, 0.05) is 17.0 Å². The molecule has 3 heteroatoms. The summed E-state index contributed by atoms with van der Waals surface area (Å²) in [5.41, 5.74) is 5.24. The first kappa shape index (κ1) is 13.5. The number of carbonyl (C=O) groups is 2. The minimum absolute atomic E-state index is 0.00492. The van der Waals surface area contributed by atoms with Crippen molar-refractivity contribution in [3.8, 4) is 0 Å². The Hall–Kier alpha value is -2.16. The van der Waals surface area contributed by atoms with Gasteiger partial charge in [-0.25, -0.2) is 0 Å². The van der Waals surface area contributed by atoms with Crippen molar-refractivity contribution in [2.45, 2.75) is 33.1 Å². The Kier molecular flexibility index (Phi) is 2.71. The summed E-state index contributed by atoms with van der Waals surface area (Å²) in [6, 6.07) is 4.01. The van der Waals surface area contributed by atoms with Gasteiger partial charge in [-0.2, -0.15) is 0 Å². The Morgan fingerprint density at radius 3 is 2.55 bits per heavy atom. The van der Waals surface area contributed by atoms with Crippen molar-refractivity contribution in [2.75, 3.05) is 6.61 Å². The van der Waals surface area contributed by atoms with E-state index in [9.17, 15) is 9.59 Å². The van der Waals surface area contributed by atoms with Crippen LogP contribution in [0, 0.1) is 5.92 Å². The molecule has 1 aromatic carbocycles. The van der Waals surface area contributed by atoms with E-state index in [-0.39, 0.29) is 23.4 Å². The number of ether oxygens (including phenoxy) is 1. The van der Waals surface area contributed by atoms with Crippen LogP contribution in [-0.2, 0) is 9.53 Å². The van der Waals surface area contributed by atoms with Gasteiger partial charge in [-0.05, 0) is 42.0 Å². The lowest BCUT2D eigenvalue weighted by Gasteiger charge is -2.28. The molecular weight excluding hydrogens is 276 g/mol. The fourth-order valence-electron chi connectivity index (χ4n) is 3.87. The number of ketones is 2. The first-order chi connectivity index (χ1) is 10.5. The fourth-order valence-corrected chi connectivity index (χ4v) is 3.87. The molecule has 0 bridgehead atoms. The highest BCUT2D eigenvalue weighted by atomic mass is 16.5. The summed E-state index contributed by atoms with van der Waals surface area (Å²) in [5, 5.41) is 0. The molecule has 2 aliphatic carbocycles. The molecule has 3 nitrogen and oxygen atoms in total. The van der Waals surface area contributed by atoms with Gasteiger partial charge >= 0.3 is 0 Å². The molecular formula is C19H18O3. The van der Waals surface area contributed by atoms with Crippen LogP contribution in [0.1, 0.15) is 60.2 Å². The summed E-state index contributed by atoms with van der Waals surface area (Å²) >= 11 is 0. The van der Waals surface area contributed by atoms with E-state index in [1.165, 1.54) is 5.57 Å². The summed E-state index contributed by atoms with van der Waals surface area (Å²) in [6.07, 6.45) is 3.10. The van der Waals surface area contributed by atoms with Crippen LogP contribution in [0.15, 0.2) is 23.8 Å². The molecule has 0 N–H and O–H groups in total. The first-order valence-electron chi connectivity index (χ1n) is 7.81. The monoisotopic (exact) mass is 294 g/mol. The normalized spacial score (nSPS) is 26.2. The maximum Gasteiger partial charge on any atom is 0.234 e. The molecule has 0 saturated carbocycles. The van der Waals surface area contributed by atoms with Gasteiger partial charge in [0.25, 0.3) is 0 Å². The quantitative estimate of drug-likeness (QED) is 0.685. The molecule has 0 fully saturated rings. The predicted octanol–water partition coefficient (Wildman–Crippen LogP) is 3.74. The van der Waals surface area contributed by atoms with Crippen LogP contribution >= 0.6 is 0 Å². The minimum Gasteiger partial charge on any atom is -0.492 e. The minimum atomic E-state index is -0.375. The van der Waals surface area contributed by atoms with Gasteiger partial charge in [0.1, 0.15) is 5.76 Å². The molecule has 0 amide bonds. The van der Waals surface area contributed by atoms with Crippen LogP contribution in [0.2, 0.25) is 0 Å². The second kappa shape index (κ2) is 4.42. The zero-order chi connectivity index (χ0) is 15.6. The molecule has 3 aliphatic rings. The highest BCUT2D eigenvalue weighted by Crippen LogP contribution is 2.45. The van der Waals surface area contributed by atoms with E-state index in [0.29, 0.717) is 23.5 Å². The number of allylic oxidation sites excluding steroid dienone is 2. The Morgan fingerprint density at radius 1 is 1.05 bits per heavy atom. The van der Waals surface area contributed by atoms with E-state index in [4.69, 9.17) is 4.74 Å². The van der Waals surface area contributed by atoms with Gasteiger partial charge in [-0.15, -0.1) is 0 Å². The van der Waals surface area contributed by atoms with Gasteiger partial charge in [0.05, 0.1) is 12.2 Å². The summed E-state index contributed by atoms with van der Waals surface area (Å²) in [5.74, 6) is 0.139. The van der Waals surface area contributed by atoms with E-state index >= 15 is 0 Å². The van der Waals surface area contributed by atoms with Gasteiger partial charge in [-0.1, -0.05) is 26.0 Å². The van der Waals surface area contributed by atoms with Gasteiger partial charge in [0.2, 0.25) is 11.6 Å². The number of carbonyl (C=O) groups excluding carboxylic acids is 2. The average Bonchev–Trinajstić information content (AvgIpc) is 2.89. The van der Waals surface area contributed by atoms with Crippen molar-refractivity contribution in [3.05, 3.63) is 46.0 Å². The summed E-state index contributed by atoms with van der Waals surface area (Å²) in [6.45, 7) is 6.59. The molecule has 4 rings (SSSR count). The maximum atomic E-state index is 12.8. The van der Waals surface area contributed by atoms with Crippen molar-refractivity contribution < 1.29 is 14.3 Å². The smallest absolute Gasteiger partial charge is 0.234 e. The van der Waals surface area contributed by atoms with Crippen molar-refractivity contribution in [1.29, 1.82) is 0 Å². The Bertz CT molecular complexity index is 795. The van der Waals surface area contributed by atoms with E-state index in [0.717, 1.165) is 23.1 Å². The number of hydrogen-bond donors (Lipinski definition) is 0. The largest absolute Gasteiger partial charge is 0.492 e. The van der Waals surface area contributed by atoms with Crippen LogP contribution in [0.4, 0.5) is 0 Å². The van der Waals surface area contributed by atoms with Crippen LogP contribution < -0.4 is 0 Å². The third-order valence-corrected chi connectivity index (χ3v) is 5.08. The second-order valence-electron chi connectivity index (χ2n) is 6.59. The summed E-state index contributed by atoms with van der Waals surface area (Å²) < 4.78 is 5.76. The van der Waals surface area contributed by atoms with E-state index < -0.39 is 0 Å². The molecule has 22 heavy (non-hydrogen) atoms. The molecule has 2 atom stereocenters. The molecule has 1 heterocycles. The first-order valence-corrected chi connectivity index (χ1v) is 7.81. The highest BCUT2D eigenvalue weighted by molar-refractivity contribution is 6.52. The van der Waals surface area contributed by atoms with Crippen molar-refractivity contribution >= 4 is 22.9 Å². The topological polar surface area (TPSA) is 43.4 Å². The molecule has 112 valence electrons. The third kappa shape index (κ3) is 1.57. The van der Waals surface area contributed by atoms with E-state index in [1.807, 2.05) is 13.0 Å². The molecule has 2 unspecified atom stereocenters. The summed E-state index contributed by atoms with van der Waals surface area (Å²) in [4.78, 5) is 25.3. The molecule has 1 aromatic rings. The van der Waals surface area contributed by atoms with Gasteiger partial charge in [-0.3, -0.25) is 9.59 Å². The third-order valence-electron chi connectivity index (χ3n) is 5.08. The molecule has 0 radical (unpaired) electrons. The van der Waals surface area contributed by atoms with E-state index in [2.05, 4.69) is 26.0 Å². The highest BCUT2D eigenvalue weighted by Gasteiger charge is 2.42. The predicted molar refractivity (Wildman–Crippen MR) is 84.5 cm³/mol. The lowest BCUT2D eigenvalue weighted by Crippen LogP contribution is -2.27. The number of rotatable bonds is 0. The number of fused-ring (bicyclic) bond motifs is 4. The molecule has 0 aromatic heterocycles. The molecule has 1 aliphatic heterocycles. The lowest BCUT2D eigenvalue weighted by molar-refractivity contribution is -0.112. The van der Waals surface area contributed by atoms with Crippen LogP contribution in [0.5, 0.6) is 0 Å². The Balaban J connectivity index is 2.06. The average molecular weight is 294 g/mol. The standard InChI is InChI=1S/C19H18O3/c1-9-4-5-10(2)14-12(9)6-7-13-16(14)18(21)17(20)15-11(3)8-22-19(13)15/h4,6-7,10-11H,5,8H2,1-3H3. The van der Waals surface area contributed by atoms with E-state index in [1.54, 1.807) is 0 Å². The SMILES string of the molecule is CC1=CCC(C)c2c1ccc1c2C(=O)C(=O)C2=C1OCC2C. The Morgan fingerprint density at radius 2 is 1.77 bits per heavy atom. The Labute approximate surface area is 129 Å². The van der Waals surface area contributed by atoms with Crippen LogP contribution in [-0.4, -0.2) is 18.2 Å². The zero-order valence-corrected chi connectivity index (χ0v) is 13.0. The zero-order valence-electron chi connectivity index (χ0n) is 13.0. The lowest BCUT2D eigenvalue weighted by atomic mass is 9.75. The number of benzene rings is 1. The summed E-state index contributed by atoms with van der Waals surface area (Å²) in [7, 11) is 0. The molecule has 0 saturated heterocycles. The molecule has 0 spiro atoms. The van der Waals surface area contributed by atoms with Crippen molar-refractivity contribution in [2.24, 2.45) is 5.92 Å².